The van der Waals surface area contributed by atoms with Gasteiger partial charge in [-0.25, -0.2) is 17.6 Å². The van der Waals surface area contributed by atoms with Crippen LogP contribution in [0.5, 0.6) is 0 Å². The van der Waals surface area contributed by atoms with Crippen LogP contribution in [0.4, 0.5) is 17.6 Å². The number of hydrogen-bond acceptors (Lipinski definition) is 1. The van der Waals surface area contributed by atoms with E-state index < -0.39 is 29.9 Å². The number of carboxylic acids is 1. The molecule has 0 saturated carbocycles. The highest BCUT2D eigenvalue weighted by molar-refractivity contribution is 5.67. The van der Waals surface area contributed by atoms with Crippen molar-refractivity contribution in [3.05, 3.63) is 34.9 Å². The summed E-state index contributed by atoms with van der Waals surface area (Å²) in [6, 6.07) is 3.40. The van der Waals surface area contributed by atoms with Crippen LogP contribution in [0, 0.1) is 0 Å². The molecule has 0 saturated heterocycles. The summed E-state index contributed by atoms with van der Waals surface area (Å²) in [7, 11) is 0. The van der Waals surface area contributed by atoms with Gasteiger partial charge in [0.1, 0.15) is 0 Å². The summed E-state index contributed by atoms with van der Waals surface area (Å²) in [5.74, 6) is -1.16. The lowest BCUT2D eigenvalue weighted by atomic mass is 9.98. The highest BCUT2D eigenvalue weighted by atomic mass is 19.3. The number of rotatable bonds is 5. The zero-order chi connectivity index (χ0) is 13.0. The van der Waals surface area contributed by atoms with Crippen molar-refractivity contribution in [3.63, 3.8) is 0 Å². The fourth-order valence-corrected chi connectivity index (χ4v) is 1.55. The van der Waals surface area contributed by atoms with E-state index in [-0.39, 0.29) is 18.4 Å². The standard InChI is InChI=1S/C11H10F4O2/c12-10(13)7-3-1-2-6(4-5-8(16)17)9(7)11(14)15/h1-3,10-11H,4-5H2,(H,16,17). The minimum atomic E-state index is -3.04. The molecule has 1 aromatic carbocycles. The molecule has 0 spiro atoms. The second-order valence-electron chi connectivity index (χ2n) is 3.42. The average Bonchev–Trinajstić information content (AvgIpc) is 2.25. The summed E-state index contributed by atoms with van der Waals surface area (Å²) < 4.78 is 50.4. The number of hydrogen-bond donors (Lipinski definition) is 1. The molecule has 1 aromatic rings. The Balaban J connectivity index is 3.11. The second-order valence-corrected chi connectivity index (χ2v) is 3.42. The van der Waals surface area contributed by atoms with Crippen molar-refractivity contribution in [3.8, 4) is 0 Å². The van der Waals surface area contributed by atoms with Gasteiger partial charge in [-0.05, 0) is 12.0 Å². The van der Waals surface area contributed by atoms with Crippen LogP contribution in [0.1, 0.15) is 36.0 Å². The van der Waals surface area contributed by atoms with E-state index in [0.717, 1.165) is 6.07 Å². The third-order valence-electron chi connectivity index (χ3n) is 2.29. The number of carboxylic acid groups (broad SMARTS) is 1. The fraction of sp³-hybridized carbons (Fsp3) is 0.364. The number of benzene rings is 1. The molecule has 1 N–H and O–H groups in total. The van der Waals surface area contributed by atoms with Gasteiger partial charge in [-0.2, -0.15) is 0 Å². The Labute approximate surface area is 94.9 Å². The van der Waals surface area contributed by atoms with Crippen LogP contribution in [-0.4, -0.2) is 11.1 Å². The number of aryl methyl sites for hydroxylation is 1. The van der Waals surface area contributed by atoms with Crippen LogP contribution in [0.15, 0.2) is 18.2 Å². The van der Waals surface area contributed by atoms with E-state index in [2.05, 4.69) is 0 Å². The van der Waals surface area contributed by atoms with Crippen molar-refractivity contribution in [1.82, 2.24) is 0 Å². The topological polar surface area (TPSA) is 37.3 Å². The first-order chi connectivity index (χ1) is 7.93. The maximum absolute atomic E-state index is 12.7. The Kier molecular flexibility index (Phi) is 4.48. The Hall–Kier alpha value is -1.59. The molecule has 0 aliphatic heterocycles. The Morgan fingerprint density at radius 3 is 2.29 bits per heavy atom. The van der Waals surface area contributed by atoms with Crippen molar-refractivity contribution >= 4 is 5.97 Å². The lowest BCUT2D eigenvalue weighted by molar-refractivity contribution is -0.136. The molecule has 0 unspecified atom stereocenters. The van der Waals surface area contributed by atoms with Gasteiger partial charge in [-0.3, -0.25) is 4.79 Å². The van der Waals surface area contributed by atoms with Gasteiger partial charge in [0, 0.05) is 17.5 Å². The molecule has 0 aliphatic rings. The summed E-state index contributed by atoms with van der Waals surface area (Å²) in [6.45, 7) is 0. The molecule has 0 aliphatic carbocycles. The van der Waals surface area contributed by atoms with Crippen molar-refractivity contribution in [2.24, 2.45) is 0 Å². The fourth-order valence-electron chi connectivity index (χ4n) is 1.55. The molecule has 1 rings (SSSR count). The van der Waals surface area contributed by atoms with Crippen LogP contribution in [0.25, 0.3) is 0 Å². The SMILES string of the molecule is O=C(O)CCc1cccc(C(F)F)c1C(F)F. The highest BCUT2D eigenvalue weighted by Crippen LogP contribution is 2.33. The van der Waals surface area contributed by atoms with Gasteiger partial charge in [-0.1, -0.05) is 18.2 Å². The van der Waals surface area contributed by atoms with Gasteiger partial charge < -0.3 is 5.11 Å². The van der Waals surface area contributed by atoms with Crippen molar-refractivity contribution < 1.29 is 27.5 Å². The van der Waals surface area contributed by atoms with Gasteiger partial charge in [0.2, 0.25) is 0 Å². The molecule has 0 aromatic heterocycles. The van der Waals surface area contributed by atoms with Gasteiger partial charge in [0.25, 0.3) is 12.9 Å². The number of carbonyl (C=O) groups is 1. The summed E-state index contributed by atoms with van der Waals surface area (Å²) in [4.78, 5) is 10.3. The van der Waals surface area contributed by atoms with Crippen LogP contribution in [-0.2, 0) is 11.2 Å². The Morgan fingerprint density at radius 1 is 1.18 bits per heavy atom. The van der Waals surface area contributed by atoms with Gasteiger partial charge in [0.05, 0.1) is 0 Å². The lowest BCUT2D eigenvalue weighted by Crippen LogP contribution is -2.04. The molecular weight excluding hydrogens is 240 g/mol. The molecule has 0 fully saturated rings. The third-order valence-corrected chi connectivity index (χ3v) is 2.29. The van der Waals surface area contributed by atoms with E-state index in [0.29, 0.717) is 0 Å². The minimum Gasteiger partial charge on any atom is -0.481 e. The largest absolute Gasteiger partial charge is 0.481 e. The molecule has 0 atom stereocenters. The molecule has 0 radical (unpaired) electrons. The van der Waals surface area contributed by atoms with E-state index in [1.165, 1.54) is 12.1 Å². The normalized spacial score (nSPS) is 11.2. The molecule has 0 heterocycles. The molecule has 0 amide bonds. The van der Waals surface area contributed by atoms with E-state index in [1.807, 2.05) is 0 Å². The third kappa shape index (κ3) is 3.44. The first kappa shape index (κ1) is 13.5. The summed E-state index contributed by atoms with van der Waals surface area (Å²) in [6.07, 6.45) is -6.59. The van der Waals surface area contributed by atoms with Crippen molar-refractivity contribution in [2.75, 3.05) is 0 Å². The first-order valence-corrected chi connectivity index (χ1v) is 4.83. The summed E-state index contributed by atoms with van der Waals surface area (Å²) in [5.41, 5.74) is -1.52. The van der Waals surface area contributed by atoms with Crippen LogP contribution < -0.4 is 0 Å². The van der Waals surface area contributed by atoms with Gasteiger partial charge in [-0.15, -0.1) is 0 Å². The molecule has 17 heavy (non-hydrogen) atoms. The van der Waals surface area contributed by atoms with Crippen LogP contribution in [0.3, 0.4) is 0 Å². The van der Waals surface area contributed by atoms with Crippen molar-refractivity contribution in [1.29, 1.82) is 0 Å². The predicted molar refractivity (Wildman–Crippen MR) is 52.3 cm³/mol. The Morgan fingerprint density at radius 2 is 1.82 bits per heavy atom. The monoisotopic (exact) mass is 250 g/mol. The van der Waals surface area contributed by atoms with E-state index >= 15 is 0 Å². The van der Waals surface area contributed by atoms with E-state index in [1.54, 1.807) is 0 Å². The zero-order valence-corrected chi connectivity index (χ0v) is 8.67. The number of alkyl halides is 4. The molecule has 0 bridgehead atoms. The maximum Gasteiger partial charge on any atom is 0.303 e. The van der Waals surface area contributed by atoms with Crippen LogP contribution in [0.2, 0.25) is 0 Å². The quantitative estimate of drug-likeness (QED) is 0.811. The van der Waals surface area contributed by atoms with E-state index in [4.69, 9.17) is 5.11 Å². The maximum atomic E-state index is 12.7. The lowest BCUT2D eigenvalue weighted by Gasteiger charge is -2.13. The van der Waals surface area contributed by atoms with Gasteiger partial charge >= 0.3 is 5.97 Å². The Bertz CT molecular complexity index is 404. The van der Waals surface area contributed by atoms with Crippen LogP contribution >= 0.6 is 0 Å². The molecule has 6 heteroatoms. The van der Waals surface area contributed by atoms with E-state index in [9.17, 15) is 22.4 Å². The summed E-state index contributed by atoms with van der Waals surface area (Å²) >= 11 is 0. The molecular formula is C11H10F4O2. The highest BCUT2D eigenvalue weighted by Gasteiger charge is 2.22. The molecule has 2 nitrogen and oxygen atoms in total. The molecule has 94 valence electrons. The second kappa shape index (κ2) is 5.65. The number of halogens is 4. The smallest absolute Gasteiger partial charge is 0.303 e. The number of aliphatic carboxylic acids is 1. The average molecular weight is 250 g/mol. The van der Waals surface area contributed by atoms with Gasteiger partial charge in [0.15, 0.2) is 0 Å². The van der Waals surface area contributed by atoms with Crippen molar-refractivity contribution in [2.45, 2.75) is 25.7 Å². The minimum absolute atomic E-state index is 0.0415. The summed E-state index contributed by atoms with van der Waals surface area (Å²) in [5, 5.41) is 8.45. The zero-order valence-electron chi connectivity index (χ0n) is 8.67. The first-order valence-electron chi connectivity index (χ1n) is 4.83. The predicted octanol–water partition coefficient (Wildman–Crippen LogP) is 3.58.